The molecule has 0 saturated carbocycles. The van der Waals surface area contributed by atoms with Crippen molar-refractivity contribution in [2.24, 2.45) is 5.92 Å². The van der Waals surface area contributed by atoms with Crippen molar-refractivity contribution < 1.29 is 9.59 Å². The van der Waals surface area contributed by atoms with Crippen LogP contribution < -0.4 is 11.1 Å². The van der Waals surface area contributed by atoms with E-state index in [0.717, 1.165) is 23.1 Å². The number of aromatic nitrogens is 1. The Morgan fingerprint density at radius 3 is 2.96 bits per heavy atom. The number of fused-ring (bicyclic) bond motifs is 1. The topological polar surface area (TPSA) is 88.3 Å². The number of amides is 2. The van der Waals surface area contributed by atoms with Crippen molar-refractivity contribution >= 4 is 39.1 Å². The second kappa shape index (κ2) is 6.76. The first-order valence-electron chi connectivity index (χ1n) is 8.20. The third-order valence-electron chi connectivity index (χ3n) is 4.21. The van der Waals surface area contributed by atoms with Gasteiger partial charge in [0.1, 0.15) is 9.71 Å². The molecular formula is C17H22N4O2S. The average Bonchev–Trinajstić information content (AvgIpc) is 2.91. The highest BCUT2D eigenvalue weighted by atomic mass is 32.1. The molecule has 3 N–H and O–H groups in total. The van der Waals surface area contributed by atoms with Gasteiger partial charge in [0.15, 0.2) is 0 Å². The van der Waals surface area contributed by atoms with E-state index in [-0.39, 0.29) is 23.8 Å². The number of nitrogens with one attached hydrogen (secondary N) is 1. The van der Waals surface area contributed by atoms with Crippen LogP contribution in [0.5, 0.6) is 0 Å². The van der Waals surface area contributed by atoms with Crippen LogP contribution in [-0.2, 0) is 4.79 Å². The highest BCUT2D eigenvalue weighted by Crippen LogP contribution is 2.33. The van der Waals surface area contributed by atoms with Gasteiger partial charge < -0.3 is 16.0 Å². The van der Waals surface area contributed by atoms with Crippen molar-refractivity contribution in [2.75, 3.05) is 18.8 Å². The molecule has 0 aliphatic carbocycles. The third-order valence-corrected chi connectivity index (χ3v) is 5.33. The summed E-state index contributed by atoms with van der Waals surface area (Å²) in [6.07, 6.45) is 3.33. The van der Waals surface area contributed by atoms with Crippen molar-refractivity contribution in [3.05, 3.63) is 23.2 Å². The number of carbonyl (C=O) groups is 2. The van der Waals surface area contributed by atoms with Crippen molar-refractivity contribution in [1.82, 2.24) is 15.2 Å². The van der Waals surface area contributed by atoms with E-state index in [1.807, 2.05) is 26.0 Å². The van der Waals surface area contributed by atoms with Crippen LogP contribution >= 0.6 is 11.3 Å². The maximum Gasteiger partial charge on any atom is 0.266 e. The summed E-state index contributed by atoms with van der Waals surface area (Å²) in [7, 11) is 0. The van der Waals surface area contributed by atoms with Gasteiger partial charge in [-0.15, -0.1) is 11.3 Å². The summed E-state index contributed by atoms with van der Waals surface area (Å²) in [6, 6.07) is 3.79. The van der Waals surface area contributed by atoms with Crippen LogP contribution in [0.15, 0.2) is 18.3 Å². The number of rotatable bonds is 3. The molecule has 1 saturated heterocycles. The summed E-state index contributed by atoms with van der Waals surface area (Å²) < 4.78 is 0. The second-order valence-electron chi connectivity index (χ2n) is 6.45. The van der Waals surface area contributed by atoms with E-state index in [0.29, 0.717) is 23.7 Å². The number of carbonyl (C=O) groups excluding carboxylic acids is 2. The Balaban J connectivity index is 1.78. The standard InChI is InChI=1S/C17H22N4O2S/c1-10(2)20-15(22)11-5-4-8-21(9-11)17(23)14-13(18)12-6-3-7-19-16(12)24-14/h3,6-7,10-11H,4-5,8-9,18H2,1-2H3,(H,20,22)/t11-/m1/s1. The highest BCUT2D eigenvalue weighted by molar-refractivity contribution is 7.21. The third kappa shape index (κ3) is 3.21. The quantitative estimate of drug-likeness (QED) is 0.892. The van der Waals surface area contributed by atoms with Gasteiger partial charge in [0.2, 0.25) is 5.91 Å². The van der Waals surface area contributed by atoms with Gasteiger partial charge in [-0.25, -0.2) is 4.98 Å². The first-order chi connectivity index (χ1) is 11.5. The van der Waals surface area contributed by atoms with Crippen LogP contribution in [0, 0.1) is 5.92 Å². The van der Waals surface area contributed by atoms with Gasteiger partial charge in [0.05, 0.1) is 11.6 Å². The second-order valence-corrected chi connectivity index (χ2v) is 7.45. The predicted octanol–water partition coefficient (Wildman–Crippen LogP) is 2.26. The molecule has 0 unspecified atom stereocenters. The molecule has 3 heterocycles. The minimum absolute atomic E-state index is 0.0217. The normalized spacial score (nSPS) is 18.1. The molecule has 128 valence electrons. The SMILES string of the molecule is CC(C)NC(=O)[C@@H]1CCCN(C(=O)c2sc3ncccc3c2N)C1. The molecule has 0 spiro atoms. The van der Waals surface area contributed by atoms with Gasteiger partial charge >= 0.3 is 0 Å². The highest BCUT2D eigenvalue weighted by Gasteiger charge is 2.31. The first-order valence-corrected chi connectivity index (χ1v) is 9.01. The lowest BCUT2D eigenvalue weighted by molar-refractivity contribution is -0.126. The van der Waals surface area contributed by atoms with Gasteiger partial charge in [0.25, 0.3) is 5.91 Å². The van der Waals surface area contributed by atoms with Crippen molar-refractivity contribution in [1.29, 1.82) is 0 Å². The van der Waals surface area contributed by atoms with Crippen LogP contribution in [-0.4, -0.2) is 40.8 Å². The number of piperidine rings is 1. The van der Waals surface area contributed by atoms with E-state index >= 15 is 0 Å². The first kappa shape index (κ1) is 16.7. The van der Waals surface area contributed by atoms with E-state index in [4.69, 9.17) is 5.73 Å². The molecule has 1 atom stereocenters. The van der Waals surface area contributed by atoms with Crippen LogP contribution in [0.1, 0.15) is 36.4 Å². The molecule has 0 radical (unpaired) electrons. The smallest absolute Gasteiger partial charge is 0.266 e. The van der Waals surface area contributed by atoms with Gasteiger partial charge in [-0.05, 0) is 38.8 Å². The number of hydrogen-bond acceptors (Lipinski definition) is 5. The number of likely N-dealkylation sites (tertiary alicyclic amines) is 1. The molecule has 7 heteroatoms. The summed E-state index contributed by atoms with van der Waals surface area (Å²) in [5.41, 5.74) is 6.64. The van der Waals surface area contributed by atoms with E-state index in [1.54, 1.807) is 11.1 Å². The minimum atomic E-state index is -0.154. The van der Waals surface area contributed by atoms with Gasteiger partial charge in [-0.3, -0.25) is 9.59 Å². The zero-order valence-corrected chi connectivity index (χ0v) is 14.7. The molecule has 0 bridgehead atoms. The molecule has 1 fully saturated rings. The lowest BCUT2D eigenvalue weighted by atomic mass is 9.96. The van der Waals surface area contributed by atoms with Crippen LogP contribution in [0.3, 0.4) is 0 Å². The molecule has 0 aromatic carbocycles. The molecule has 2 amide bonds. The summed E-state index contributed by atoms with van der Waals surface area (Å²) in [5, 5.41) is 3.75. The minimum Gasteiger partial charge on any atom is -0.397 e. The maximum absolute atomic E-state index is 12.9. The number of nitrogen functional groups attached to an aromatic ring is 1. The molecule has 6 nitrogen and oxygen atoms in total. The number of anilines is 1. The molecule has 2 aromatic heterocycles. The summed E-state index contributed by atoms with van der Waals surface area (Å²) in [6.45, 7) is 4.98. The zero-order chi connectivity index (χ0) is 17.3. The Bertz CT molecular complexity index is 771. The fourth-order valence-corrected chi connectivity index (χ4v) is 4.06. The van der Waals surface area contributed by atoms with Crippen molar-refractivity contribution in [2.45, 2.75) is 32.7 Å². The Morgan fingerprint density at radius 1 is 1.46 bits per heavy atom. The molecule has 1 aliphatic heterocycles. The summed E-state index contributed by atoms with van der Waals surface area (Å²) in [4.78, 5) is 32.4. The maximum atomic E-state index is 12.9. The molecule has 24 heavy (non-hydrogen) atoms. The predicted molar refractivity (Wildman–Crippen MR) is 95.9 cm³/mol. The number of pyridine rings is 1. The Morgan fingerprint density at radius 2 is 2.25 bits per heavy atom. The number of thiophene rings is 1. The van der Waals surface area contributed by atoms with E-state index < -0.39 is 0 Å². The van der Waals surface area contributed by atoms with Crippen LogP contribution in [0.4, 0.5) is 5.69 Å². The molecule has 2 aromatic rings. The van der Waals surface area contributed by atoms with Crippen molar-refractivity contribution in [3.8, 4) is 0 Å². The summed E-state index contributed by atoms with van der Waals surface area (Å²) >= 11 is 1.32. The van der Waals surface area contributed by atoms with Crippen LogP contribution in [0.2, 0.25) is 0 Å². The number of nitrogens with two attached hydrogens (primary N) is 1. The van der Waals surface area contributed by atoms with Crippen LogP contribution in [0.25, 0.3) is 10.2 Å². The molecule has 3 rings (SSSR count). The lowest BCUT2D eigenvalue weighted by Crippen LogP contribution is -2.46. The fourth-order valence-electron chi connectivity index (χ4n) is 3.03. The average molecular weight is 346 g/mol. The zero-order valence-electron chi connectivity index (χ0n) is 13.9. The monoisotopic (exact) mass is 346 g/mol. The Kier molecular flexibility index (Phi) is 4.71. The number of hydrogen-bond donors (Lipinski definition) is 2. The van der Waals surface area contributed by atoms with E-state index in [1.165, 1.54) is 11.3 Å². The van der Waals surface area contributed by atoms with E-state index in [2.05, 4.69) is 10.3 Å². The molecular weight excluding hydrogens is 324 g/mol. The largest absolute Gasteiger partial charge is 0.397 e. The van der Waals surface area contributed by atoms with Crippen molar-refractivity contribution in [3.63, 3.8) is 0 Å². The Hall–Kier alpha value is -2.15. The van der Waals surface area contributed by atoms with E-state index in [9.17, 15) is 9.59 Å². The number of nitrogens with zero attached hydrogens (tertiary/aromatic N) is 2. The molecule has 1 aliphatic rings. The fraction of sp³-hybridized carbons (Fsp3) is 0.471. The van der Waals surface area contributed by atoms with Gasteiger partial charge in [-0.1, -0.05) is 0 Å². The Labute approximate surface area is 145 Å². The summed E-state index contributed by atoms with van der Waals surface area (Å²) in [5.74, 6) is -0.232. The van der Waals surface area contributed by atoms with Gasteiger partial charge in [0, 0.05) is 30.7 Å². The lowest BCUT2D eigenvalue weighted by Gasteiger charge is -2.32. The van der Waals surface area contributed by atoms with Gasteiger partial charge in [-0.2, -0.15) is 0 Å².